The molecule has 0 aliphatic heterocycles. The molecular weight excluding hydrogens is 347 g/mol. The molecule has 0 saturated heterocycles. The zero-order chi connectivity index (χ0) is 16.6. The van der Waals surface area contributed by atoms with Crippen molar-refractivity contribution in [1.82, 2.24) is 15.3 Å². The normalized spacial score (nSPS) is 14.3. The van der Waals surface area contributed by atoms with Crippen LogP contribution in [0.25, 0.3) is 10.2 Å². The van der Waals surface area contributed by atoms with Crippen molar-refractivity contribution < 1.29 is 18.0 Å². The number of nitrogens with one attached hydrogen (secondary N) is 1. The van der Waals surface area contributed by atoms with E-state index in [9.17, 15) is 18.0 Å². The lowest BCUT2D eigenvalue weighted by Gasteiger charge is -2.08. The van der Waals surface area contributed by atoms with E-state index in [1.54, 1.807) is 18.3 Å². The standard InChI is InChI=1S/C14H14F3N3OS2/c1-7-19-12(22-5-10(21)18-6-14(15,16)17)11-8-3-2-4-9(8)23-13(11)20-7/h2-6H2,1H3,(H,18,21). The van der Waals surface area contributed by atoms with Gasteiger partial charge in [0.05, 0.1) is 5.75 Å². The van der Waals surface area contributed by atoms with E-state index in [-0.39, 0.29) is 5.75 Å². The first kappa shape index (κ1) is 16.5. The van der Waals surface area contributed by atoms with Crippen LogP contribution >= 0.6 is 23.1 Å². The fraction of sp³-hybridized carbons (Fsp3) is 0.500. The molecule has 2 aromatic rings. The first-order valence-corrected chi connectivity index (χ1v) is 8.89. The monoisotopic (exact) mass is 361 g/mol. The van der Waals surface area contributed by atoms with Gasteiger partial charge in [-0.15, -0.1) is 11.3 Å². The Hall–Kier alpha value is -1.35. The van der Waals surface area contributed by atoms with Gasteiger partial charge in [0.2, 0.25) is 5.91 Å². The van der Waals surface area contributed by atoms with Gasteiger partial charge >= 0.3 is 6.18 Å². The molecule has 2 aromatic heterocycles. The molecule has 0 atom stereocenters. The van der Waals surface area contributed by atoms with Crippen LogP contribution in [-0.2, 0) is 17.6 Å². The van der Waals surface area contributed by atoms with Crippen LogP contribution in [-0.4, -0.2) is 34.3 Å². The van der Waals surface area contributed by atoms with Gasteiger partial charge in [0, 0.05) is 10.3 Å². The topological polar surface area (TPSA) is 54.9 Å². The van der Waals surface area contributed by atoms with Gasteiger partial charge in [-0.2, -0.15) is 13.2 Å². The van der Waals surface area contributed by atoms with Crippen LogP contribution in [0.2, 0.25) is 0 Å². The van der Waals surface area contributed by atoms with Crippen LogP contribution in [0.4, 0.5) is 13.2 Å². The molecule has 0 bridgehead atoms. The number of aromatic nitrogens is 2. The Labute approximate surface area is 138 Å². The summed E-state index contributed by atoms with van der Waals surface area (Å²) in [6.07, 6.45) is -1.30. The van der Waals surface area contributed by atoms with Crippen molar-refractivity contribution in [3.63, 3.8) is 0 Å². The molecule has 0 aromatic carbocycles. The zero-order valence-corrected chi connectivity index (χ0v) is 13.9. The Morgan fingerprint density at radius 3 is 2.87 bits per heavy atom. The predicted octanol–water partition coefficient (Wildman–Crippen LogP) is 3.26. The average Bonchev–Trinajstić information content (AvgIpc) is 3.01. The predicted molar refractivity (Wildman–Crippen MR) is 84.0 cm³/mol. The summed E-state index contributed by atoms with van der Waals surface area (Å²) in [6, 6.07) is 0. The van der Waals surface area contributed by atoms with E-state index in [2.05, 4.69) is 9.97 Å². The Kier molecular flexibility index (Phi) is 4.50. The van der Waals surface area contributed by atoms with E-state index in [0.717, 1.165) is 29.5 Å². The summed E-state index contributed by atoms with van der Waals surface area (Å²) in [7, 11) is 0. The van der Waals surface area contributed by atoms with Gasteiger partial charge in [-0.05, 0) is 31.7 Å². The quantitative estimate of drug-likeness (QED) is 0.671. The summed E-state index contributed by atoms with van der Waals surface area (Å²) in [4.78, 5) is 22.6. The fourth-order valence-electron chi connectivity index (χ4n) is 2.55. The zero-order valence-electron chi connectivity index (χ0n) is 12.3. The molecule has 1 N–H and O–H groups in total. The van der Waals surface area contributed by atoms with Gasteiger partial charge in [0.15, 0.2) is 0 Å². The number of thioether (sulfide) groups is 1. The van der Waals surface area contributed by atoms with Crippen molar-refractivity contribution >= 4 is 39.2 Å². The summed E-state index contributed by atoms with van der Waals surface area (Å²) in [6.45, 7) is 0.469. The smallest absolute Gasteiger partial charge is 0.346 e. The minimum atomic E-state index is -4.40. The molecule has 1 amide bonds. The maximum absolute atomic E-state index is 12.1. The number of fused-ring (bicyclic) bond motifs is 3. The molecule has 0 saturated carbocycles. The second-order valence-corrected chi connectivity index (χ2v) is 7.34. The van der Waals surface area contributed by atoms with E-state index in [1.165, 1.54) is 22.2 Å². The summed E-state index contributed by atoms with van der Waals surface area (Å²) in [5.41, 5.74) is 1.24. The lowest BCUT2D eigenvalue weighted by molar-refractivity contribution is -0.136. The van der Waals surface area contributed by atoms with Crippen molar-refractivity contribution in [3.8, 4) is 0 Å². The van der Waals surface area contributed by atoms with Gasteiger partial charge in [-0.1, -0.05) is 11.8 Å². The van der Waals surface area contributed by atoms with Gasteiger partial charge < -0.3 is 5.32 Å². The first-order chi connectivity index (χ1) is 10.8. The minimum absolute atomic E-state index is 0.0910. The van der Waals surface area contributed by atoms with Gasteiger partial charge in [-0.3, -0.25) is 4.79 Å². The Balaban J connectivity index is 1.76. The molecule has 0 spiro atoms. The molecule has 23 heavy (non-hydrogen) atoms. The van der Waals surface area contributed by atoms with Crippen LogP contribution in [0.15, 0.2) is 5.03 Å². The number of aryl methyl sites for hydroxylation is 3. The fourth-order valence-corrected chi connectivity index (χ4v) is 4.85. The first-order valence-electron chi connectivity index (χ1n) is 7.08. The number of amides is 1. The SMILES string of the molecule is Cc1nc(SCC(=O)NCC(F)(F)F)c2c3c(sc2n1)CCC3. The number of hydrogen-bond acceptors (Lipinski definition) is 5. The van der Waals surface area contributed by atoms with E-state index in [0.29, 0.717) is 10.9 Å². The molecule has 124 valence electrons. The molecule has 0 fully saturated rings. The number of nitrogens with zero attached hydrogens (tertiary/aromatic N) is 2. The van der Waals surface area contributed by atoms with Crippen LogP contribution in [0, 0.1) is 6.92 Å². The second-order valence-electron chi connectivity index (χ2n) is 5.29. The third kappa shape index (κ3) is 3.77. The van der Waals surface area contributed by atoms with Crippen molar-refractivity contribution in [3.05, 3.63) is 16.3 Å². The highest BCUT2D eigenvalue weighted by Gasteiger charge is 2.28. The number of carbonyl (C=O) groups excluding carboxylic acids is 1. The lowest BCUT2D eigenvalue weighted by atomic mass is 10.2. The molecule has 1 aliphatic carbocycles. The summed E-state index contributed by atoms with van der Waals surface area (Å²) < 4.78 is 36.3. The number of alkyl halides is 3. The highest BCUT2D eigenvalue weighted by Crippen LogP contribution is 2.40. The molecule has 3 rings (SSSR count). The molecule has 2 heterocycles. The largest absolute Gasteiger partial charge is 0.405 e. The maximum Gasteiger partial charge on any atom is 0.405 e. The number of thiophene rings is 1. The van der Waals surface area contributed by atoms with Crippen LogP contribution in [0.5, 0.6) is 0 Å². The van der Waals surface area contributed by atoms with Crippen molar-refractivity contribution in [2.75, 3.05) is 12.3 Å². The van der Waals surface area contributed by atoms with Crippen molar-refractivity contribution in [2.24, 2.45) is 0 Å². The van der Waals surface area contributed by atoms with Gasteiger partial charge in [0.1, 0.15) is 22.2 Å². The summed E-state index contributed by atoms with van der Waals surface area (Å²) in [5.74, 6) is -0.133. The highest BCUT2D eigenvalue weighted by molar-refractivity contribution is 8.00. The van der Waals surface area contributed by atoms with Crippen LogP contribution in [0.3, 0.4) is 0 Å². The maximum atomic E-state index is 12.1. The Morgan fingerprint density at radius 2 is 2.13 bits per heavy atom. The molecule has 4 nitrogen and oxygen atoms in total. The van der Waals surface area contributed by atoms with Crippen molar-refractivity contribution in [1.29, 1.82) is 0 Å². The number of carbonyl (C=O) groups is 1. The lowest BCUT2D eigenvalue weighted by Crippen LogP contribution is -2.34. The van der Waals surface area contributed by atoms with Gasteiger partial charge in [0.25, 0.3) is 0 Å². The summed E-state index contributed by atoms with van der Waals surface area (Å²) in [5, 5.41) is 3.54. The molecule has 0 radical (unpaired) electrons. The van der Waals surface area contributed by atoms with E-state index >= 15 is 0 Å². The second kappa shape index (κ2) is 6.27. The van der Waals surface area contributed by atoms with E-state index in [1.807, 2.05) is 5.32 Å². The molecule has 1 aliphatic rings. The van der Waals surface area contributed by atoms with Crippen molar-refractivity contribution in [2.45, 2.75) is 37.4 Å². The number of rotatable bonds is 4. The molecular formula is C14H14F3N3OS2. The number of halogens is 3. The Morgan fingerprint density at radius 1 is 1.35 bits per heavy atom. The highest BCUT2D eigenvalue weighted by atomic mass is 32.2. The molecule has 0 unspecified atom stereocenters. The minimum Gasteiger partial charge on any atom is -0.346 e. The van der Waals surface area contributed by atoms with Crippen LogP contribution < -0.4 is 5.32 Å². The van der Waals surface area contributed by atoms with Crippen LogP contribution in [0.1, 0.15) is 22.7 Å². The Bertz CT molecular complexity index is 758. The average molecular weight is 361 g/mol. The van der Waals surface area contributed by atoms with E-state index < -0.39 is 18.6 Å². The summed E-state index contributed by atoms with van der Waals surface area (Å²) >= 11 is 2.82. The third-order valence-corrected chi connectivity index (χ3v) is 5.63. The third-order valence-electron chi connectivity index (χ3n) is 3.47. The van der Waals surface area contributed by atoms with Gasteiger partial charge in [-0.25, -0.2) is 9.97 Å². The molecule has 9 heteroatoms. The number of hydrogen-bond donors (Lipinski definition) is 1. The van der Waals surface area contributed by atoms with E-state index in [4.69, 9.17) is 0 Å².